The summed E-state index contributed by atoms with van der Waals surface area (Å²) < 4.78 is 9.90. The zero-order chi connectivity index (χ0) is 27.8. The Kier molecular flexibility index (Phi) is 10.6. The van der Waals surface area contributed by atoms with Crippen LogP contribution in [0.15, 0.2) is 30.3 Å². The first kappa shape index (κ1) is 29.8. The molecule has 0 radical (unpaired) electrons. The van der Waals surface area contributed by atoms with Crippen molar-refractivity contribution >= 4 is 29.7 Å². The van der Waals surface area contributed by atoms with Gasteiger partial charge in [0, 0.05) is 13.0 Å². The highest BCUT2D eigenvalue weighted by molar-refractivity contribution is 6.36. The van der Waals surface area contributed by atoms with Crippen molar-refractivity contribution in [2.45, 2.75) is 84.0 Å². The van der Waals surface area contributed by atoms with Gasteiger partial charge in [-0.3, -0.25) is 14.4 Å². The molecule has 0 bridgehead atoms. The maximum absolute atomic E-state index is 13.5. The molecule has 2 N–H and O–H groups in total. The van der Waals surface area contributed by atoms with Gasteiger partial charge in [0.15, 0.2) is 0 Å². The van der Waals surface area contributed by atoms with Crippen molar-refractivity contribution < 1.29 is 33.4 Å². The topological polar surface area (TPSA) is 131 Å². The van der Waals surface area contributed by atoms with Gasteiger partial charge in [-0.1, -0.05) is 44.2 Å². The van der Waals surface area contributed by atoms with Crippen molar-refractivity contribution in [3.05, 3.63) is 35.9 Å². The van der Waals surface area contributed by atoms with Gasteiger partial charge in [0.2, 0.25) is 11.8 Å². The van der Waals surface area contributed by atoms with E-state index in [1.54, 1.807) is 45.0 Å². The summed E-state index contributed by atoms with van der Waals surface area (Å²) in [5.74, 6) is -2.77. The van der Waals surface area contributed by atoms with Gasteiger partial charge in [-0.15, -0.1) is 0 Å². The molecule has 2 rings (SSSR count). The zero-order valence-corrected chi connectivity index (χ0v) is 22.5. The molecule has 1 aromatic carbocycles. The van der Waals surface area contributed by atoms with Crippen molar-refractivity contribution in [2.24, 2.45) is 5.92 Å². The lowest BCUT2D eigenvalue weighted by molar-refractivity contribution is -0.153. The molecule has 10 nitrogen and oxygen atoms in total. The molecule has 1 aromatic rings. The highest BCUT2D eigenvalue weighted by atomic mass is 16.6. The number of methoxy groups -OCH3 is 1. The fourth-order valence-electron chi connectivity index (χ4n) is 4.22. The average Bonchev–Trinajstić information content (AvgIpc) is 3.31. The molecule has 10 heteroatoms. The highest BCUT2D eigenvalue weighted by Crippen LogP contribution is 2.21. The molecule has 0 aliphatic carbocycles. The van der Waals surface area contributed by atoms with Gasteiger partial charge < -0.3 is 25.0 Å². The number of carbonyl (C=O) groups excluding carboxylic acids is 5. The largest absolute Gasteiger partial charge is 0.463 e. The molecule has 1 aliphatic rings. The van der Waals surface area contributed by atoms with Gasteiger partial charge in [-0.25, -0.2) is 9.59 Å². The Morgan fingerprint density at radius 2 is 1.68 bits per heavy atom. The van der Waals surface area contributed by atoms with E-state index in [0.29, 0.717) is 25.8 Å². The number of hydrogen-bond donors (Lipinski definition) is 2. The molecule has 3 atom stereocenters. The molecule has 3 amide bonds. The quantitative estimate of drug-likeness (QED) is 0.360. The minimum absolute atomic E-state index is 0.0895. The summed E-state index contributed by atoms with van der Waals surface area (Å²) in [5.41, 5.74) is 0.0221. The molecule has 37 heavy (non-hydrogen) atoms. The third-order valence-corrected chi connectivity index (χ3v) is 5.84. The minimum Gasteiger partial charge on any atom is -0.463 e. The number of Topliss-reactive ketones (excluding diaryl/α,β-unsaturated/α-hetero) is 1. The van der Waals surface area contributed by atoms with Gasteiger partial charge in [-0.05, 0) is 51.5 Å². The van der Waals surface area contributed by atoms with Crippen LogP contribution in [-0.2, 0) is 35.1 Å². The van der Waals surface area contributed by atoms with Gasteiger partial charge in [-0.2, -0.15) is 0 Å². The SMILES string of the molecule is COC(=O)C(=O)C(Cc1ccccc1)NC(=O)[C@@H]1CCCN1C(=O)[C@H](CC(C)C)NC(=O)OC(C)(C)C. The number of esters is 1. The maximum Gasteiger partial charge on any atom is 0.408 e. The number of ether oxygens (including phenoxy) is 2. The number of ketones is 1. The van der Waals surface area contributed by atoms with E-state index in [1.807, 2.05) is 19.9 Å². The zero-order valence-electron chi connectivity index (χ0n) is 22.5. The number of nitrogens with one attached hydrogen (secondary N) is 2. The molecule has 0 saturated carbocycles. The lowest BCUT2D eigenvalue weighted by atomic mass is 10.0. The molecule has 0 aromatic heterocycles. The van der Waals surface area contributed by atoms with Crippen LogP contribution in [0.3, 0.4) is 0 Å². The third kappa shape index (κ3) is 9.18. The standard InChI is InChI=1S/C27H39N3O7/c1-17(2)15-20(29-26(35)37-27(3,4)5)24(33)30-14-10-13-21(30)23(32)28-19(22(31)25(34)36-6)16-18-11-8-7-9-12-18/h7-9,11-12,17,19-21H,10,13-16H2,1-6H3,(H,28,32)(H,29,35)/t19?,20-,21-/m0/s1. The summed E-state index contributed by atoms with van der Waals surface area (Å²) in [7, 11) is 1.10. The first-order valence-electron chi connectivity index (χ1n) is 12.6. The van der Waals surface area contributed by atoms with E-state index in [-0.39, 0.29) is 12.3 Å². The van der Waals surface area contributed by atoms with Crippen LogP contribution in [0.4, 0.5) is 4.79 Å². The summed E-state index contributed by atoms with van der Waals surface area (Å²) in [6.07, 6.45) is 0.720. The second kappa shape index (κ2) is 13.2. The summed E-state index contributed by atoms with van der Waals surface area (Å²) in [6.45, 7) is 9.38. The Labute approximate surface area is 218 Å². The van der Waals surface area contributed by atoms with Crippen LogP contribution in [0.2, 0.25) is 0 Å². The summed E-state index contributed by atoms with van der Waals surface area (Å²) >= 11 is 0. The van der Waals surface area contributed by atoms with Crippen molar-refractivity contribution in [1.82, 2.24) is 15.5 Å². The normalized spacial score (nSPS) is 17.1. The maximum atomic E-state index is 13.5. The number of rotatable bonds is 10. The van der Waals surface area contributed by atoms with Crippen LogP contribution < -0.4 is 10.6 Å². The predicted molar refractivity (Wildman–Crippen MR) is 136 cm³/mol. The molecule has 204 valence electrons. The smallest absolute Gasteiger partial charge is 0.408 e. The third-order valence-electron chi connectivity index (χ3n) is 5.84. The van der Waals surface area contributed by atoms with Gasteiger partial charge in [0.05, 0.1) is 7.11 Å². The number of carbonyl (C=O) groups is 5. The minimum atomic E-state index is -1.15. The number of nitrogens with zero attached hydrogens (tertiary/aromatic N) is 1. The van der Waals surface area contributed by atoms with Crippen LogP contribution in [0.1, 0.15) is 59.4 Å². The predicted octanol–water partition coefficient (Wildman–Crippen LogP) is 2.39. The van der Waals surface area contributed by atoms with E-state index in [9.17, 15) is 24.0 Å². The van der Waals surface area contributed by atoms with Gasteiger partial charge in [0.25, 0.3) is 5.78 Å². The van der Waals surface area contributed by atoms with Crippen molar-refractivity contribution in [3.8, 4) is 0 Å². The second-order valence-electron chi connectivity index (χ2n) is 10.6. The molecular formula is C27H39N3O7. The van der Waals surface area contributed by atoms with E-state index in [0.717, 1.165) is 12.7 Å². The Morgan fingerprint density at radius 1 is 1.03 bits per heavy atom. The molecule has 0 spiro atoms. The lowest BCUT2D eigenvalue weighted by Crippen LogP contribution is -2.56. The molecule has 1 unspecified atom stereocenters. The van der Waals surface area contributed by atoms with Crippen LogP contribution >= 0.6 is 0 Å². The van der Waals surface area contributed by atoms with Crippen LogP contribution in [0.25, 0.3) is 0 Å². The van der Waals surface area contributed by atoms with Crippen molar-refractivity contribution in [3.63, 3.8) is 0 Å². The fourth-order valence-corrected chi connectivity index (χ4v) is 4.22. The van der Waals surface area contributed by atoms with Crippen LogP contribution in [0.5, 0.6) is 0 Å². The monoisotopic (exact) mass is 517 g/mol. The average molecular weight is 518 g/mol. The Bertz CT molecular complexity index is 972. The van der Waals surface area contributed by atoms with Crippen molar-refractivity contribution in [1.29, 1.82) is 0 Å². The van der Waals surface area contributed by atoms with E-state index in [2.05, 4.69) is 15.4 Å². The lowest BCUT2D eigenvalue weighted by Gasteiger charge is -2.31. The summed E-state index contributed by atoms with van der Waals surface area (Å²) in [5, 5.41) is 5.32. The number of benzene rings is 1. The Morgan fingerprint density at radius 3 is 2.24 bits per heavy atom. The first-order chi connectivity index (χ1) is 17.3. The van der Waals surface area contributed by atoms with E-state index in [1.165, 1.54) is 4.90 Å². The number of hydrogen-bond acceptors (Lipinski definition) is 7. The Hall–Kier alpha value is -3.43. The molecule has 1 saturated heterocycles. The van der Waals surface area contributed by atoms with Crippen molar-refractivity contribution in [2.75, 3.05) is 13.7 Å². The van der Waals surface area contributed by atoms with E-state index >= 15 is 0 Å². The summed E-state index contributed by atoms with van der Waals surface area (Å²) in [6, 6.07) is 6.11. The van der Waals surface area contributed by atoms with E-state index < -0.39 is 53.4 Å². The van der Waals surface area contributed by atoms with Crippen LogP contribution in [-0.4, -0.2) is 71.9 Å². The molecular weight excluding hydrogens is 478 g/mol. The Balaban J connectivity index is 2.20. The first-order valence-corrected chi connectivity index (χ1v) is 12.6. The fraction of sp³-hybridized carbons (Fsp3) is 0.593. The molecule has 1 fully saturated rings. The van der Waals surface area contributed by atoms with Gasteiger partial charge in [0.1, 0.15) is 23.7 Å². The number of alkyl carbamates (subject to hydrolysis) is 1. The van der Waals surface area contributed by atoms with Gasteiger partial charge >= 0.3 is 12.1 Å². The molecule has 1 aliphatic heterocycles. The van der Waals surface area contributed by atoms with E-state index in [4.69, 9.17) is 4.74 Å². The highest BCUT2D eigenvalue weighted by Gasteiger charge is 2.40. The number of likely N-dealkylation sites (tertiary alicyclic amines) is 1. The summed E-state index contributed by atoms with van der Waals surface area (Å²) in [4.78, 5) is 65.3. The molecule has 1 heterocycles. The number of amides is 3. The second-order valence-corrected chi connectivity index (χ2v) is 10.6. The van der Waals surface area contributed by atoms with Crippen LogP contribution in [0, 0.1) is 5.92 Å².